The Hall–Kier alpha value is -2.90. The van der Waals surface area contributed by atoms with Gasteiger partial charge in [-0.3, -0.25) is 10.1 Å². The number of ether oxygens (including phenoxy) is 1. The molecule has 8 nitrogen and oxygen atoms in total. The van der Waals surface area contributed by atoms with Crippen LogP contribution in [0.5, 0.6) is 6.01 Å². The van der Waals surface area contributed by atoms with Gasteiger partial charge in [-0.25, -0.2) is 9.89 Å². The molecule has 0 unspecified atom stereocenters. The van der Waals surface area contributed by atoms with Gasteiger partial charge in [0.25, 0.3) is 5.91 Å². The maximum atomic E-state index is 12.0. The van der Waals surface area contributed by atoms with Gasteiger partial charge in [0.1, 0.15) is 0 Å². The van der Waals surface area contributed by atoms with Crippen molar-refractivity contribution in [1.29, 1.82) is 0 Å². The molecule has 1 aromatic heterocycles. The number of hydrogen-bond donors (Lipinski definition) is 3. The Bertz CT molecular complexity index is 638. The first-order valence-corrected chi connectivity index (χ1v) is 5.80. The van der Waals surface area contributed by atoms with Crippen LogP contribution in [0.1, 0.15) is 27.6 Å². The molecule has 1 aromatic carbocycles. The van der Waals surface area contributed by atoms with Crippen LogP contribution in [0.3, 0.4) is 0 Å². The Kier molecular flexibility index (Phi) is 3.94. The third-order valence-corrected chi connectivity index (χ3v) is 2.37. The van der Waals surface area contributed by atoms with E-state index in [1.807, 2.05) is 0 Å². The van der Waals surface area contributed by atoms with Crippen LogP contribution < -0.4 is 10.1 Å². The molecule has 20 heavy (non-hydrogen) atoms. The minimum absolute atomic E-state index is 0.0364. The number of carboxylic acid groups (broad SMARTS) is 1. The average molecular weight is 276 g/mol. The van der Waals surface area contributed by atoms with Crippen molar-refractivity contribution in [3.63, 3.8) is 0 Å². The molecule has 0 fully saturated rings. The number of aromatic amines is 1. The Balaban J connectivity index is 2.17. The van der Waals surface area contributed by atoms with Crippen molar-refractivity contribution in [2.75, 3.05) is 11.9 Å². The SMILES string of the molecule is CCOc1n[nH]c(NC(=O)c2ccccc2C(=O)O)n1. The van der Waals surface area contributed by atoms with Gasteiger partial charge in [0.15, 0.2) is 0 Å². The Morgan fingerprint density at radius 1 is 1.35 bits per heavy atom. The van der Waals surface area contributed by atoms with Gasteiger partial charge in [0.2, 0.25) is 5.95 Å². The van der Waals surface area contributed by atoms with Crippen LogP contribution in [0.2, 0.25) is 0 Å². The maximum Gasteiger partial charge on any atom is 0.337 e. The average Bonchev–Trinajstić information content (AvgIpc) is 2.86. The van der Waals surface area contributed by atoms with Gasteiger partial charge in [-0.05, 0) is 19.1 Å². The fraction of sp³-hybridized carbons (Fsp3) is 0.167. The first-order chi connectivity index (χ1) is 9.61. The van der Waals surface area contributed by atoms with E-state index in [-0.39, 0.29) is 23.1 Å². The van der Waals surface area contributed by atoms with Crippen molar-refractivity contribution in [2.24, 2.45) is 0 Å². The predicted molar refractivity (Wildman–Crippen MR) is 68.9 cm³/mol. The molecule has 1 heterocycles. The highest BCUT2D eigenvalue weighted by atomic mass is 16.5. The number of rotatable bonds is 5. The molecule has 2 aromatic rings. The topological polar surface area (TPSA) is 117 Å². The number of anilines is 1. The van der Waals surface area contributed by atoms with Crippen molar-refractivity contribution >= 4 is 17.8 Å². The summed E-state index contributed by atoms with van der Waals surface area (Å²) in [6.45, 7) is 2.17. The van der Waals surface area contributed by atoms with Gasteiger partial charge in [-0.1, -0.05) is 12.1 Å². The van der Waals surface area contributed by atoms with Crippen molar-refractivity contribution in [3.8, 4) is 6.01 Å². The van der Waals surface area contributed by atoms with Gasteiger partial charge >= 0.3 is 12.0 Å². The Labute approximate surface area is 113 Å². The highest BCUT2D eigenvalue weighted by molar-refractivity contribution is 6.10. The highest BCUT2D eigenvalue weighted by Crippen LogP contribution is 2.12. The molecule has 2 rings (SSSR count). The summed E-state index contributed by atoms with van der Waals surface area (Å²) >= 11 is 0. The summed E-state index contributed by atoms with van der Waals surface area (Å²) < 4.78 is 5.04. The third kappa shape index (κ3) is 2.91. The van der Waals surface area contributed by atoms with E-state index in [1.54, 1.807) is 19.1 Å². The van der Waals surface area contributed by atoms with Gasteiger partial charge in [0, 0.05) is 0 Å². The van der Waals surface area contributed by atoms with Crippen LogP contribution >= 0.6 is 0 Å². The summed E-state index contributed by atoms with van der Waals surface area (Å²) in [7, 11) is 0. The van der Waals surface area contributed by atoms with Gasteiger partial charge < -0.3 is 9.84 Å². The zero-order valence-corrected chi connectivity index (χ0v) is 10.6. The first kappa shape index (κ1) is 13.5. The minimum atomic E-state index is -1.18. The molecular formula is C12H12N4O4. The van der Waals surface area contributed by atoms with E-state index < -0.39 is 11.9 Å². The molecule has 104 valence electrons. The zero-order valence-electron chi connectivity index (χ0n) is 10.6. The number of carboxylic acids is 1. The van der Waals surface area contributed by atoms with Gasteiger partial charge in [-0.2, -0.15) is 4.98 Å². The quantitative estimate of drug-likeness (QED) is 0.754. The molecule has 0 aliphatic rings. The summed E-state index contributed by atoms with van der Waals surface area (Å²) in [6.07, 6.45) is 0. The lowest BCUT2D eigenvalue weighted by atomic mass is 10.1. The largest absolute Gasteiger partial charge is 0.478 e. The van der Waals surface area contributed by atoms with Crippen molar-refractivity contribution < 1.29 is 19.4 Å². The smallest absolute Gasteiger partial charge is 0.337 e. The number of H-pyrrole nitrogens is 1. The lowest BCUT2D eigenvalue weighted by molar-refractivity contribution is 0.0692. The fourth-order valence-electron chi connectivity index (χ4n) is 1.54. The van der Waals surface area contributed by atoms with Crippen LogP contribution in [0.25, 0.3) is 0 Å². The molecular weight excluding hydrogens is 264 g/mol. The maximum absolute atomic E-state index is 12.0. The van der Waals surface area contributed by atoms with Crippen LogP contribution in [-0.4, -0.2) is 38.8 Å². The molecule has 0 saturated heterocycles. The van der Waals surface area contributed by atoms with Crippen molar-refractivity contribution in [2.45, 2.75) is 6.92 Å². The lowest BCUT2D eigenvalue weighted by Crippen LogP contribution is -2.17. The Morgan fingerprint density at radius 2 is 2.05 bits per heavy atom. The van der Waals surface area contributed by atoms with Gasteiger partial charge in [0.05, 0.1) is 17.7 Å². The molecule has 0 aliphatic carbocycles. The van der Waals surface area contributed by atoms with E-state index in [0.29, 0.717) is 6.61 Å². The molecule has 0 radical (unpaired) electrons. The van der Waals surface area contributed by atoms with E-state index in [4.69, 9.17) is 9.84 Å². The van der Waals surface area contributed by atoms with Crippen LogP contribution in [0.15, 0.2) is 24.3 Å². The third-order valence-electron chi connectivity index (χ3n) is 2.37. The van der Waals surface area contributed by atoms with E-state index >= 15 is 0 Å². The molecule has 3 N–H and O–H groups in total. The summed E-state index contributed by atoms with van der Waals surface area (Å²) in [6, 6.07) is 5.99. The number of amides is 1. The molecule has 0 bridgehead atoms. The normalized spacial score (nSPS) is 10.1. The summed E-state index contributed by atoms with van der Waals surface area (Å²) in [5, 5.41) is 17.6. The highest BCUT2D eigenvalue weighted by Gasteiger charge is 2.17. The van der Waals surface area contributed by atoms with Crippen molar-refractivity contribution in [3.05, 3.63) is 35.4 Å². The van der Waals surface area contributed by atoms with E-state index in [2.05, 4.69) is 20.5 Å². The van der Waals surface area contributed by atoms with Crippen LogP contribution in [0.4, 0.5) is 5.95 Å². The summed E-state index contributed by atoms with van der Waals surface area (Å²) in [5.74, 6) is -1.69. The minimum Gasteiger partial charge on any atom is -0.478 e. The zero-order chi connectivity index (χ0) is 14.5. The van der Waals surface area contributed by atoms with E-state index in [1.165, 1.54) is 12.1 Å². The van der Waals surface area contributed by atoms with Crippen LogP contribution in [-0.2, 0) is 0 Å². The van der Waals surface area contributed by atoms with Crippen LogP contribution in [0, 0.1) is 0 Å². The lowest BCUT2D eigenvalue weighted by Gasteiger charge is -2.04. The monoisotopic (exact) mass is 276 g/mol. The summed E-state index contributed by atoms with van der Waals surface area (Å²) in [4.78, 5) is 26.9. The predicted octanol–water partition coefficient (Wildman–Crippen LogP) is 1.15. The first-order valence-electron chi connectivity index (χ1n) is 5.80. The number of carbonyl (C=O) groups is 2. The standard InChI is InChI=1S/C12H12N4O4/c1-2-20-12-14-11(15-16-12)13-9(17)7-5-3-4-6-8(7)10(18)19/h3-6H,2H2,1H3,(H,18,19)(H2,13,14,15,16,17). The number of benzene rings is 1. The molecule has 0 saturated carbocycles. The second-order valence-electron chi connectivity index (χ2n) is 3.70. The number of nitrogens with one attached hydrogen (secondary N) is 2. The Morgan fingerprint density at radius 3 is 2.70 bits per heavy atom. The van der Waals surface area contributed by atoms with Gasteiger partial charge in [-0.15, -0.1) is 5.10 Å². The second-order valence-corrected chi connectivity index (χ2v) is 3.70. The number of carbonyl (C=O) groups excluding carboxylic acids is 1. The summed E-state index contributed by atoms with van der Waals surface area (Å²) in [5.41, 5.74) is -0.0519. The number of aromatic nitrogens is 3. The van der Waals surface area contributed by atoms with E-state index in [9.17, 15) is 9.59 Å². The number of aromatic carboxylic acids is 1. The molecule has 0 aliphatic heterocycles. The second kappa shape index (κ2) is 5.83. The molecule has 0 atom stereocenters. The molecule has 0 spiro atoms. The molecule has 1 amide bonds. The molecule has 8 heteroatoms. The van der Waals surface area contributed by atoms with E-state index in [0.717, 1.165) is 0 Å². The number of hydrogen-bond acceptors (Lipinski definition) is 5. The fourth-order valence-corrected chi connectivity index (χ4v) is 1.54. The van der Waals surface area contributed by atoms with Crippen molar-refractivity contribution in [1.82, 2.24) is 15.2 Å². The number of nitrogens with zero attached hydrogens (tertiary/aromatic N) is 2.